The average molecular weight is 323 g/mol. The molecule has 0 unspecified atom stereocenters. The Bertz CT molecular complexity index is 1030. The summed E-state index contributed by atoms with van der Waals surface area (Å²) in [7, 11) is 0. The van der Waals surface area contributed by atoms with E-state index in [1.54, 1.807) is 4.57 Å². The minimum Gasteiger partial charge on any atom is -0.419 e. The lowest BCUT2D eigenvalue weighted by Crippen LogP contribution is -2.13. The molecule has 0 fully saturated rings. The van der Waals surface area contributed by atoms with Gasteiger partial charge >= 0.3 is 4.87 Å². The maximum atomic E-state index is 12.1. The molecular weight excluding hydrogens is 310 g/mol. The van der Waals surface area contributed by atoms with Crippen LogP contribution in [0.1, 0.15) is 11.5 Å². The van der Waals surface area contributed by atoms with Gasteiger partial charge in [0.1, 0.15) is 6.54 Å². The second-order valence-electron chi connectivity index (χ2n) is 5.29. The van der Waals surface area contributed by atoms with Gasteiger partial charge in [0.05, 0.1) is 10.2 Å². The van der Waals surface area contributed by atoms with Gasteiger partial charge in [-0.2, -0.15) is 0 Å². The van der Waals surface area contributed by atoms with Gasteiger partial charge < -0.3 is 4.42 Å². The highest BCUT2D eigenvalue weighted by Gasteiger charge is 2.12. The third-order valence-electron chi connectivity index (χ3n) is 3.63. The molecule has 2 heterocycles. The Morgan fingerprint density at radius 3 is 2.70 bits per heavy atom. The van der Waals surface area contributed by atoms with Crippen LogP contribution in [-0.4, -0.2) is 14.8 Å². The van der Waals surface area contributed by atoms with Crippen molar-refractivity contribution in [2.45, 2.75) is 13.5 Å². The number of aryl methyl sites for hydroxylation is 1. The molecule has 2 aromatic heterocycles. The van der Waals surface area contributed by atoms with E-state index in [0.29, 0.717) is 11.8 Å². The Morgan fingerprint density at radius 1 is 1.09 bits per heavy atom. The van der Waals surface area contributed by atoms with Crippen molar-refractivity contribution < 1.29 is 4.42 Å². The first-order valence-electron chi connectivity index (χ1n) is 7.18. The first kappa shape index (κ1) is 13.9. The molecule has 23 heavy (non-hydrogen) atoms. The Hall–Kier alpha value is -2.73. The van der Waals surface area contributed by atoms with Crippen molar-refractivity contribution in [1.29, 1.82) is 0 Å². The number of hydrogen-bond acceptors (Lipinski definition) is 5. The molecule has 2 aromatic carbocycles. The van der Waals surface area contributed by atoms with Crippen LogP contribution in [0.2, 0.25) is 0 Å². The van der Waals surface area contributed by atoms with Crippen LogP contribution in [0, 0.1) is 6.92 Å². The van der Waals surface area contributed by atoms with E-state index in [1.165, 1.54) is 16.9 Å². The Kier molecular flexibility index (Phi) is 3.31. The number of rotatable bonds is 3. The minimum absolute atomic E-state index is 0.0266. The van der Waals surface area contributed by atoms with Gasteiger partial charge in [0.25, 0.3) is 0 Å². The molecule has 0 atom stereocenters. The van der Waals surface area contributed by atoms with E-state index in [0.717, 1.165) is 15.8 Å². The molecule has 0 aliphatic rings. The minimum atomic E-state index is -0.0266. The van der Waals surface area contributed by atoms with E-state index in [9.17, 15) is 4.79 Å². The molecule has 4 rings (SSSR count). The second kappa shape index (κ2) is 5.48. The Morgan fingerprint density at radius 2 is 1.87 bits per heavy atom. The molecule has 0 spiro atoms. The van der Waals surface area contributed by atoms with Crippen LogP contribution in [0.25, 0.3) is 21.7 Å². The summed E-state index contributed by atoms with van der Waals surface area (Å²) < 4.78 is 8.32. The zero-order valence-electron chi connectivity index (χ0n) is 12.4. The maximum Gasteiger partial charge on any atom is 0.308 e. The van der Waals surface area contributed by atoms with Crippen molar-refractivity contribution in [1.82, 2.24) is 14.8 Å². The highest BCUT2D eigenvalue weighted by atomic mass is 32.1. The highest BCUT2D eigenvalue weighted by molar-refractivity contribution is 7.16. The number of fused-ring (bicyclic) bond motifs is 1. The number of hydrogen-bond donors (Lipinski definition) is 0. The summed E-state index contributed by atoms with van der Waals surface area (Å²) in [5.74, 6) is 0.888. The standard InChI is InChI=1S/C17H13N3O2S/c1-11-6-8-12(9-7-11)16-19-18-15(22-16)10-20-13-4-2-3-5-14(13)23-17(20)21/h2-9H,10H2,1H3. The van der Waals surface area contributed by atoms with Crippen molar-refractivity contribution >= 4 is 21.6 Å². The van der Waals surface area contributed by atoms with Gasteiger partial charge in [-0.15, -0.1) is 10.2 Å². The topological polar surface area (TPSA) is 60.9 Å². The molecular formula is C17H13N3O2S. The normalized spacial score (nSPS) is 11.2. The highest BCUT2D eigenvalue weighted by Crippen LogP contribution is 2.20. The third-order valence-corrected chi connectivity index (χ3v) is 4.59. The lowest BCUT2D eigenvalue weighted by Gasteiger charge is -1.99. The largest absolute Gasteiger partial charge is 0.419 e. The third kappa shape index (κ3) is 2.57. The van der Waals surface area contributed by atoms with E-state index < -0.39 is 0 Å². The van der Waals surface area contributed by atoms with E-state index >= 15 is 0 Å². The monoisotopic (exact) mass is 323 g/mol. The van der Waals surface area contributed by atoms with Crippen molar-refractivity contribution in [3.63, 3.8) is 0 Å². The molecule has 0 N–H and O–H groups in total. The number of benzene rings is 2. The summed E-state index contributed by atoms with van der Waals surface area (Å²) >= 11 is 1.22. The lowest BCUT2D eigenvalue weighted by molar-refractivity contribution is 0.490. The fourth-order valence-corrected chi connectivity index (χ4v) is 3.32. The predicted molar refractivity (Wildman–Crippen MR) is 89.7 cm³/mol. The first-order chi connectivity index (χ1) is 11.2. The zero-order chi connectivity index (χ0) is 15.8. The number of nitrogens with zero attached hydrogens (tertiary/aromatic N) is 3. The number of thiazole rings is 1. The van der Waals surface area contributed by atoms with Crippen molar-refractivity contribution in [2.75, 3.05) is 0 Å². The first-order valence-corrected chi connectivity index (χ1v) is 8.00. The molecule has 6 heteroatoms. The van der Waals surface area contributed by atoms with Crippen LogP contribution in [0.3, 0.4) is 0 Å². The smallest absolute Gasteiger partial charge is 0.308 e. The predicted octanol–water partition coefficient (Wildman–Crippen LogP) is 3.47. The van der Waals surface area contributed by atoms with Gasteiger partial charge in [-0.05, 0) is 31.2 Å². The number of aromatic nitrogens is 3. The van der Waals surface area contributed by atoms with Crippen LogP contribution < -0.4 is 4.87 Å². The van der Waals surface area contributed by atoms with E-state index in [1.807, 2.05) is 55.5 Å². The van der Waals surface area contributed by atoms with Crippen molar-refractivity contribution in [3.05, 3.63) is 69.7 Å². The number of para-hydroxylation sites is 1. The molecule has 0 bridgehead atoms. The van der Waals surface area contributed by atoms with Gasteiger partial charge in [-0.3, -0.25) is 9.36 Å². The van der Waals surface area contributed by atoms with Gasteiger partial charge in [-0.1, -0.05) is 41.2 Å². The van der Waals surface area contributed by atoms with Crippen LogP contribution in [0.4, 0.5) is 0 Å². The Labute approximate surface area is 135 Å². The van der Waals surface area contributed by atoms with E-state index in [2.05, 4.69) is 10.2 Å². The lowest BCUT2D eigenvalue weighted by atomic mass is 10.1. The molecule has 0 aliphatic heterocycles. The summed E-state index contributed by atoms with van der Waals surface area (Å²) in [5, 5.41) is 8.14. The molecule has 0 radical (unpaired) electrons. The average Bonchev–Trinajstić information content (AvgIpc) is 3.14. The van der Waals surface area contributed by atoms with E-state index in [-0.39, 0.29) is 11.4 Å². The summed E-state index contributed by atoms with van der Waals surface area (Å²) in [6.45, 7) is 2.30. The zero-order valence-corrected chi connectivity index (χ0v) is 13.2. The second-order valence-corrected chi connectivity index (χ2v) is 6.28. The van der Waals surface area contributed by atoms with Crippen molar-refractivity contribution in [2.24, 2.45) is 0 Å². The van der Waals surface area contributed by atoms with Gasteiger partial charge in [0.2, 0.25) is 11.8 Å². The molecule has 0 saturated carbocycles. The van der Waals surface area contributed by atoms with Crippen LogP contribution in [0.5, 0.6) is 0 Å². The van der Waals surface area contributed by atoms with Crippen LogP contribution >= 0.6 is 11.3 Å². The van der Waals surface area contributed by atoms with Crippen LogP contribution in [0.15, 0.2) is 57.7 Å². The molecule has 4 aromatic rings. The molecule has 0 saturated heterocycles. The van der Waals surface area contributed by atoms with Crippen LogP contribution in [-0.2, 0) is 6.54 Å². The fourth-order valence-electron chi connectivity index (χ4n) is 2.43. The SMILES string of the molecule is Cc1ccc(-c2nnc(Cn3c(=O)sc4ccccc43)o2)cc1. The molecule has 0 aliphatic carbocycles. The van der Waals surface area contributed by atoms with Gasteiger partial charge in [0, 0.05) is 5.56 Å². The van der Waals surface area contributed by atoms with Gasteiger partial charge in [0.15, 0.2) is 0 Å². The van der Waals surface area contributed by atoms with Gasteiger partial charge in [-0.25, -0.2) is 0 Å². The fraction of sp³-hybridized carbons (Fsp3) is 0.118. The maximum absolute atomic E-state index is 12.1. The molecule has 5 nitrogen and oxygen atoms in total. The summed E-state index contributed by atoms with van der Waals surface area (Å²) in [6, 6.07) is 15.6. The molecule has 0 amide bonds. The summed E-state index contributed by atoms with van der Waals surface area (Å²) in [4.78, 5) is 12.1. The van der Waals surface area contributed by atoms with E-state index in [4.69, 9.17) is 4.42 Å². The Balaban J connectivity index is 1.68. The summed E-state index contributed by atoms with van der Waals surface area (Å²) in [5.41, 5.74) is 2.93. The quantitative estimate of drug-likeness (QED) is 0.579. The van der Waals surface area contributed by atoms with Crippen molar-refractivity contribution in [3.8, 4) is 11.5 Å². The summed E-state index contributed by atoms with van der Waals surface area (Å²) in [6.07, 6.45) is 0. The molecule has 114 valence electrons.